The highest BCUT2D eigenvalue weighted by atomic mass is 31.1. The van der Waals surface area contributed by atoms with Crippen LogP contribution in [0.25, 0.3) is 0 Å². The summed E-state index contributed by atoms with van der Waals surface area (Å²) in [5.74, 6) is 0. The Kier molecular flexibility index (Phi) is 1.13. The molecule has 1 aromatic heterocycles. The molecule has 1 aromatic rings. The second-order valence-electron chi connectivity index (χ2n) is 0.811. The van der Waals surface area contributed by atoms with Crippen molar-refractivity contribution in [1.82, 2.24) is 9.49 Å². The third-order valence-electron chi connectivity index (χ3n) is 0.409. The minimum atomic E-state index is 0.806. The summed E-state index contributed by atoms with van der Waals surface area (Å²) in [5, 5.41) is 0. The van der Waals surface area contributed by atoms with Gasteiger partial charge < -0.3 is 0 Å². The van der Waals surface area contributed by atoms with Gasteiger partial charge in [0.05, 0.1) is 0 Å². The van der Waals surface area contributed by atoms with E-state index in [2.05, 4.69) is 9.49 Å². The summed E-state index contributed by atoms with van der Waals surface area (Å²) >= 11 is 0. The van der Waals surface area contributed by atoms with Crippen LogP contribution in [0.4, 0.5) is 0 Å². The van der Waals surface area contributed by atoms with E-state index in [1.807, 2.05) is 0 Å². The van der Waals surface area contributed by atoms with Crippen molar-refractivity contribution >= 4 is 8.51 Å². The van der Waals surface area contributed by atoms with E-state index in [-0.39, 0.29) is 0 Å². The highest BCUT2D eigenvalue weighted by molar-refractivity contribution is 7.20. The molecule has 1 heterocycles. The molecule has 0 aliphatic rings. The minimum Gasteiger partial charge on any atom is -0.217 e. The van der Waals surface area contributed by atoms with Crippen molar-refractivity contribution in [3.8, 4) is 0 Å². The van der Waals surface area contributed by atoms with Crippen LogP contribution in [0.15, 0.2) is 18.5 Å². The van der Waals surface area contributed by atoms with Gasteiger partial charge >= 0.3 is 0 Å². The second-order valence-corrected chi connectivity index (χ2v) is 1.45. The molecular formula is C3H3N2P. The van der Waals surface area contributed by atoms with Gasteiger partial charge in [-0.15, -0.1) is 0 Å². The summed E-state index contributed by atoms with van der Waals surface area (Å²) < 4.78 is 7.54. The molecule has 0 saturated heterocycles. The van der Waals surface area contributed by atoms with Gasteiger partial charge in [-0.1, -0.05) is 0 Å². The Bertz CT molecular complexity index is 80.7. The van der Waals surface area contributed by atoms with E-state index in [1.165, 1.54) is 0 Å². The van der Waals surface area contributed by atoms with E-state index in [9.17, 15) is 0 Å². The van der Waals surface area contributed by atoms with Gasteiger partial charge in [-0.3, -0.25) is 0 Å². The van der Waals surface area contributed by atoms with Crippen LogP contribution in [0.3, 0.4) is 0 Å². The topological polar surface area (TPSA) is 25.8 Å². The van der Waals surface area contributed by atoms with Crippen molar-refractivity contribution in [2.75, 3.05) is 0 Å². The van der Waals surface area contributed by atoms with Gasteiger partial charge in [0, 0.05) is 12.4 Å². The molecule has 0 aliphatic carbocycles. The van der Waals surface area contributed by atoms with Crippen molar-refractivity contribution in [2.24, 2.45) is 0 Å². The maximum absolute atomic E-state index is 3.77. The van der Waals surface area contributed by atoms with E-state index in [4.69, 9.17) is 0 Å². The summed E-state index contributed by atoms with van der Waals surface area (Å²) in [6, 6.07) is 1.80. The summed E-state index contributed by atoms with van der Waals surface area (Å²) in [5.41, 5.74) is 0. The lowest BCUT2D eigenvalue weighted by Crippen LogP contribution is -1.57. The quantitative estimate of drug-likeness (QED) is 0.484. The normalized spacial score (nSPS) is 8.00. The van der Waals surface area contributed by atoms with Crippen LogP contribution in [0, 0.1) is 0 Å². The Labute approximate surface area is 37.5 Å². The predicted octanol–water partition coefficient (Wildman–Crippen LogP) is 1.06. The molecule has 0 radical (unpaired) electrons. The van der Waals surface area contributed by atoms with E-state index in [0.717, 1.165) is 8.51 Å². The van der Waals surface area contributed by atoms with E-state index in [1.54, 1.807) is 18.5 Å². The van der Waals surface area contributed by atoms with Crippen LogP contribution < -0.4 is 0 Å². The molecule has 0 unspecified atom stereocenters. The first-order valence-corrected chi connectivity index (χ1v) is 2.38. The summed E-state index contributed by atoms with van der Waals surface area (Å²) in [6.07, 6.45) is 3.46. The Balaban J connectivity index is 3.00. The summed E-state index contributed by atoms with van der Waals surface area (Å²) in [7, 11) is 0.806. The van der Waals surface area contributed by atoms with Crippen LogP contribution in [-0.2, 0) is 0 Å². The Morgan fingerprint density at radius 2 is 1.83 bits per heavy atom. The van der Waals surface area contributed by atoms with E-state index >= 15 is 0 Å². The second kappa shape index (κ2) is 1.83. The maximum Gasteiger partial charge on any atom is 0.153 e. The van der Waals surface area contributed by atoms with Gasteiger partial charge in [-0.05, 0) is 6.07 Å². The zero-order valence-corrected chi connectivity index (χ0v) is 3.97. The molecule has 2 nitrogen and oxygen atoms in total. The van der Waals surface area contributed by atoms with Crippen LogP contribution >= 0.6 is 8.51 Å². The number of rotatable bonds is 0. The Morgan fingerprint density at radius 1 is 1.17 bits per heavy atom. The van der Waals surface area contributed by atoms with Crippen LogP contribution in [0.2, 0.25) is 0 Å². The van der Waals surface area contributed by atoms with Crippen molar-refractivity contribution in [1.29, 1.82) is 0 Å². The first-order chi connectivity index (χ1) is 3.00. The first kappa shape index (κ1) is 3.69. The standard InChI is InChI=1S/C3H3N2P/c1-2-4-6-5-3-1/h1-3H. The smallest absolute Gasteiger partial charge is 0.153 e. The van der Waals surface area contributed by atoms with Gasteiger partial charge in [-0.25, -0.2) is 9.49 Å². The highest BCUT2D eigenvalue weighted by Gasteiger charge is 1.60. The molecule has 0 spiro atoms. The minimum absolute atomic E-state index is 0.806. The molecule has 1 rings (SSSR count). The fourth-order valence-electron chi connectivity index (χ4n) is 0.205. The zero-order chi connectivity index (χ0) is 4.24. The lowest BCUT2D eigenvalue weighted by molar-refractivity contribution is 1.42. The van der Waals surface area contributed by atoms with Crippen molar-refractivity contribution < 1.29 is 0 Å². The van der Waals surface area contributed by atoms with Crippen LogP contribution in [0.5, 0.6) is 0 Å². The fraction of sp³-hybridized carbons (Fsp3) is 0. The molecule has 0 N–H and O–H groups in total. The lowest BCUT2D eigenvalue weighted by atomic mass is 10.7. The monoisotopic (exact) mass is 98.0 g/mol. The third-order valence-corrected chi connectivity index (χ3v) is 0.882. The maximum atomic E-state index is 3.77. The van der Waals surface area contributed by atoms with E-state index in [0.29, 0.717) is 0 Å². The van der Waals surface area contributed by atoms with Crippen molar-refractivity contribution in [3.05, 3.63) is 18.5 Å². The molecule has 6 heavy (non-hydrogen) atoms. The summed E-state index contributed by atoms with van der Waals surface area (Å²) in [4.78, 5) is 0. The fourth-order valence-corrected chi connectivity index (χ4v) is 0.538. The molecule has 30 valence electrons. The average molecular weight is 98.0 g/mol. The summed E-state index contributed by atoms with van der Waals surface area (Å²) in [6.45, 7) is 0. The molecule has 3 heteroatoms. The molecule has 0 aromatic carbocycles. The first-order valence-electron chi connectivity index (χ1n) is 1.58. The molecule has 0 aliphatic heterocycles. The predicted molar refractivity (Wildman–Crippen MR) is 24.5 cm³/mol. The Morgan fingerprint density at radius 3 is 2.00 bits per heavy atom. The lowest BCUT2D eigenvalue weighted by Gasteiger charge is -1.68. The van der Waals surface area contributed by atoms with Crippen LogP contribution in [-0.4, -0.2) is 9.49 Å². The van der Waals surface area contributed by atoms with E-state index < -0.39 is 0 Å². The largest absolute Gasteiger partial charge is 0.217 e. The van der Waals surface area contributed by atoms with Gasteiger partial charge in [0.25, 0.3) is 0 Å². The van der Waals surface area contributed by atoms with Gasteiger partial charge in [-0.2, -0.15) is 0 Å². The van der Waals surface area contributed by atoms with Crippen molar-refractivity contribution in [2.45, 2.75) is 0 Å². The number of hydrogen-bond acceptors (Lipinski definition) is 2. The molecule has 0 saturated carbocycles. The molecule has 0 amide bonds. The number of aromatic nitrogens is 2. The van der Waals surface area contributed by atoms with Crippen molar-refractivity contribution in [3.63, 3.8) is 0 Å². The Hall–Kier alpha value is -0.490. The SMILES string of the molecule is c1cnpnc1. The van der Waals surface area contributed by atoms with Gasteiger partial charge in [0.2, 0.25) is 0 Å². The number of nitrogens with zero attached hydrogens (tertiary/aromatic N) is 2. The molecule has 0 fully saturated rings. The van der Waals surface area contributed by atoms with Crippen LogP contribution in [0.1, 0.15) is 0 Å². The average Bonchev–Trinajstić information content (AvgIpc) is 1.72. The number of hydrogen-bond donors (Lipinski definition) is 0. The highest BCUT2D eigenvalue weighted by Crippen LogP contribution is 1.83. The van der Waals surface area contributed by atoms with Gasteiger partial charge in [0.1, 0.15) is 0 Å². The molecule has 0 bridgehead atoms. The third kappa shape index (κ3) is 0.728. The zero-order valence-electron chi connectivity index (χ0n) is 3.07. The molecule has 0 atom stereocenters. The molecular weight excluding hydrogens is 95.0 g/mol. The van der Waals surface area contributed by atoms with Gasteiger partial charge in [0.15, 0.2) is 8.51 Å².